The third-order valence-corrected chi connectivity index (χ3v) is 3.55. The van der Waals surface area contributed by atoms with Crippen LogP contribution in [0.15, 0.2) is 42.5 Å². The number of benzene rings is 2. The first-order chi connectivity index (χ1) is 8.93. The average molecular weight is 239 g/mol. The fourth-order valence-corrected chi connectivity index (χ4v) is 2.72. The number of rotatable bonds is 1. The zero-order chi connectivity index (χ0) is 11.9. The van der Waals surface area contributed by atoms with Gasteiger partial charge in [-0.1, -0.05) is 24.3 Å². The predicted octanol–water partition coefficient (Wildman–Crippen LogP) is 3.11. The molecule has 2 heterocycles. The van der Waals surface area contributed by atoms with Crippen LogP contribution in [0.5, 0.6) is 11.5 Å². The van der Waals surface area contributed by atoms with Crippen LogP contribution in [0.1, 0.15) is 5.56 Å². The van der Waals surface area contributed by atoms with Crippen molar-refractivity contribution in [1.82, 2.24) is 0 Å². The van der Waals surface area contributed by atoms with Crippen LogP contribution in [0.25, 0.3) is 0 Å². The topological polar surface area (TPSA) is 21.7 Å². The van der Waals surface area contributed by atoms with Crippen molar-refractivity contribution in [3.05, 3.63) is 48.0 Å². The summed E-state index contributed by atoms with van der Waals surface area (Å²) < 4.78 is 11.0. The molecule has 2 aromatic carbocycles. The Labute approximate surface area is 106 Å². The molecule has 4 rings (SSSR count). The summed E-state index contributed by atoms with van der Waals surface area (Å²) in [7, 11) is 0. The Bertz CT molecular complexity index is 609. The molecule has 0 radical (unpaired) electrons. The van der Waals surface area contributed by atoms with Gasteiger partial charge in [-0.3, -0.25) is 0 Å². The molecule has 0 fully saturated rings. The predicted molar refractivity (Wildman–Crippen MR) is 69.7 cm³/mol. The molecular weight excluding hydrogens is 226 g/mol. The smallest absolute Gasteiger partial charge is 0.231 e. The lowest BCUT2D eigenvalue weighted by Gasteiger charge is -2.20. The molecule has 0 unspecified atom stereocenters. The van der Waals surface area contributed by atoms with E-state index in [4.69, 9.17) is 9.47 Å². The average Bonchev–Trinajstić information content (AvgIpc) is 3.05. The summed E-state index contributed by atoms with van der Waals surface area (Å²) in [5.41, 5.74) is 3.78. The highest BCUT2D eigenvalue weighted by molar-refractivity contribution is 5.76. The molecule has 2 aliphatic heterocycles. The van der Waals surface area contributed by atoms with Gasteiger partial charge in [-0.15, -0.1) is 0 Å². The SMILES string of the molecule is c1ccc2c(c1)CCN2c1cccc2c1OCO2. The molecule has 0 saturated heterocycles. The molecular formula is C15H13NO2. The third-order valence-electron chi connectivity index (χ3n) is 3.55. The van der Waals surface area contributed by atoms with Gasteiger partial charge in [-0.05, 0) is 30.2 Å². The standard InChI is InChI=1S/C15H13NO2/c1-2-5-12-11(4-1)8-9-16(12)13-6-3-7-14-15(13)18-10-17-14/h1-7H,8-10H2. The van der Waals surface area contributed by atoms with Crippen molar-refractivity contribution < 1.29 is 9.47 Å². The van der Waals surface area contributed by atoms with Crippen LogP contribution in [-0.4, -0.2) is 13.3 Å². The number of hydrogen-bond donors (Lipinski definition) is 0. The van der Waals surface area contributed by atoms with Crippen molar-refractivity contribution in [2.45, 2.75) is 6.42 Å². The Morgan fingerprint density at radius 3 is 2.78 bits per heavy atom. The molecule has 90 valence electrons. The summed E-state index contributed by atoms with van der Waals surface area (Å²) in [5.74, 6) is 1.71. The van der Waals surface area contributed by atoms with Crippen LogP contribution in [0, 0.1) is 0 Å². The van der Waals surface area contributed by atoms with Crippen LogP contribution in [-0.2, 0) is 6.42 Å². The van der Waals surface area contributed by atoms with Crippen LogP contribution < -0.4 is 14.4 Å². The van der Waals surface area contributed by atoms with E-state index in [2.05, 4.69) is 35.2 Å². The normalized spacial score (nSPS) is 15.9. The third kappa shape index (κ3) is 1.30. The number of hydrogen-bond acceptors (Lipinski definition) is 3. The molecule has 0 atom stereocenters. The maximum atomic E-state index is 5.59. The highest BCUT2D eigenvalue weighted by Crippen LogP contribution is 2.45. The van der Waals surface area contributed by atoms with Gasteiger partial charge in [0.25, 0.3) is 0 Å². The molecule has 0 bridgehead atoms. The lowest BCUT2D eigenvalue weighted by atomic mass is 10.2. The maximum Gasteiger partial charge on any atom is 0.231 e. The Balaban J connectivity index is 1.84. The van der Waals surface area contributed by atoms with E-state index in [1.807, 2.05) is 12.1 Å². The highest BCUT2D eigenvalue weighted by atomic mass is 16.7. The minimum atomic E-state index is 0.321. The van der Waals surface area contributed by atoms with Crippen molar-refractivity contribution in [2.75, 3.05) is 18.2 Å². The van der Waals surface area contributed by atoms with Gasteiger partial charge in [0, 0.05) is 12.2 Å². The van der Waals surface area contributed by atoms with Gasteiger partial charge in [0.2, 0.25) is 6.79 Å². The minimum absolute atomic E-state index is 0.321. The summed E-state index contributed by atoms with van der Waals surface area (Å²) in [5, 5.41) is 0. The van der Waals surface area contributed by atoms with E-state index in [1.54, 1.807) is 0 Å². The van der Waals surface area contributed by atoms with Gasteiger partial charge < -0.3 is 14.4 Å². The largest absolute Gasteiger partial charge is 0.454 e. The molecule has 0 aromatic heterocycles. The van der Waals surface area contributed by atoms with Gasteiger partial charge in [-0.2, -0.15) is 0 Å². The number of anilines is 2. The van der Waals surface area contributed by atoms with E-state index in [9.17, 15) is 0 Å². The monoisotopic (exact) mass is 239 g/mol. The van der Waals surface area contributed by atoms with Crippen LogP contribution in [0.2, 0.25) is 0 Å². The van der Waals surface area contributed by atoms with E-state index in [1.165, 1.54) is 11.3 Å². The van der Waals surface area contributed by atoms with Crippen molar-refractivity contribution in [3.63, 3.8) is 0 Å². The summed E-state index contributed by atoms with van der Waals surface area (Å²) in [6.45, 7) is 1.32. The van der Waals surface area contributed by atoms with E-state index < -0.39 is 0 Å². The number of para-hydroxylation sites is 2. The van der Waals surface area contributed by atoms with Crippen molar-refractivity contribution >= 4 is 11.4 Å². The molecule has 0 amide bonds. The van der Waals surface area contributed by atoms with Crippen molar-refractivity contribution in [1.29, 1.82) is 0 Å². The highest BCUT2D eigenvalue weighted by Gasteiger charge is 2.26. The fourth-order valence-electron chi connectivity index (χ4n) is 2.72. The van der Waals surface area contributed by atoms with E-state index in [0.29, 0.717) is 6.79 Å². The van der Waals surface area contributed by atoms with Crippen LogP contribution in [0.3, 0.4) is 0 Å². The summed E-state index contributed by atoms with van der Waals surface area (Å²) in [6.07, 6.45) is 1.08. The summed E-state index contributed by atoms with van der Waals surface area (Å²) in [4.78, 5) is 2.31. The summed E-state index contributed by atoms with van der Waals surface area (Å²) in [6, 6.07) is 14.6. The van der Waals surface area contributed by atoms with Gasteiger partial charge in [0.15, 0.2) is 11.5 Å². The van der Waals surface area contributed by atoms with E-state index in [-0.39, 0.29) is 0 Å². The number of nitrogens with zero attached hydrogens (tertiary/aromatic N) is 1. The lowest BCUT2D eigenvalue weighted by molar-refractivity contribution is 0.174. The number of fused-ring (bicyclic) bond motifs is 2. The first kappa shape index (κ1) is 9.83. The zero-order valence-corrected chi connectivity index (χ0v) is 9.93. The van der Waals surface area contributed by atoms with Gasteiger partial charge >= 0.3 is 0 Å². The molecule has 3 nitrogen and oxygen atoms in total. The van der Waals surface area contributed by atoms with Crippen LogP contribution in [0.4, 0.5) is 11.4 Å². The molecule has 0 aliphatic carbocycles. The Morgan fingerprint density at radius 1 is 0.889 bits per heavy atom. The second kappa shape index (κ2) is 3.67. The second-order valence-electron chi connectivity index (χ2n) is 4.54. The maximum absolute atomic E-state index is 5.59. The van der Waals surface area contributed by atoms with Crippen molar-refractivity contribution in [3.8, 4) is 11.5 Å². The number of ether oxygens (including phenoxy) is 2. The fraction of sp³-hybridized carbons (Fsp3) is 0.200. The molecule has 0 saturated carbocycles. The van der Waals surface area contributed by atoms with Crippen molar-refractivity contribution in [2.24, 2.45) is 0 Å². The molecule has 3 heteroatoms. The Kier molecular flexibility index (Phi) is 2.00. The Hall–Kier alpha value is -2.16. The Morgan fingerprint density at radius 2 is 1.78 bits per heavy atom. The quantitative estimate of drug-likeness (QED) is 0.763. The van der Waals surface area contributed by atoms with Gasteiger partial charge in [0.05, 0.1) is 5.69 Å². The lowest BCUT2D eigenvalue weighted by Crippen LogP contribution is -2.13. The summed E-state index contributed by atoms with van der Waals surface area (Å²) >= 11 is 0. The molecule has 18 heavy (non-hydrogen) atoms. The molecule has 0 N–H and O–H groups in total. The molecule has 0 spiro atoms. The van der Waals surface area contributed by atoms with E-state index >= 15 is 0 Å². The zero-order valence-electron chi connectivity index (χ0n) is 9.93. The van der Waals surface area contributed by atoms with E-state index in [0.717, 1.165) is 30.2 Å². The second-order valence-corrected chi connectivity index (χ2v) is 4.54. The first-order valence-corrected chi connectivity index (χ1v) is 6.17. The van der Waals surface area contributed by atoms with Crippen LogP contribution >= 0.6 is 0 Å². The van der Waals surface area contributed by atoms with Gasteiger partial charge in [0.1, 0.15) is 0 Å². The molecule has 2 aliphatic rings. The van der Waals surface area contributed by atoms with Gasteiger partial charge in [-0.25, -0.2) is 0 Å². The minimum Gasteiger partial charge on any atom is -0.454 e. The first-order valence-electron chi connectivity index (χ1n) is 6.17. The molecule has 2 aromatic rings.